The topological polar surface area (TPSA) is 100 Å². The van der Waals surface area contributed by atoms with Gasteiger partial charge in [0, 0.05) is 93.4 Å². The highest BCUT2D eigenvalue weighted by molar-refractivity contribution is 7.83. The van der Waals surface area contributed by atoms with Gasteiger partial charge in [-0.05, 0) is 80.6 Å². The number of rotatable bonds is 15. The molecule has 320 valence electrons. The molecule has 0 fully saturated rings. The molecule has 2 N–H and O–H groups in total. The summed E-state index contributed by atoms with van der Waals surface area (Å²) in [6.07, 6.45) is 4.33. The number of amides is 1. The molecule has 0 aliphatic carbocycles. The van der Waals surface area contributed by atoms with Gasteiger partial charge in [0.1, 0.15) is 5.82 Å². The Morgan fingerprint density at radius 3 is 1.13 bits per heavy atom. The summed E-state index contributed by atoms with van der Waals surface area (Å²) in [5.74, 6) is 3.46. The molecule has 0 saturated carbocycles. The second kappa shape index (κ2) is 44.4. The summed E-state index contributed by atoms with van der Waals surface area (Å²) in [6, 6.07) is 8.62. The first-order valence-electron chi connectivity index (χ1n) is 19.4. The molecule has 9 nitrogen and oxygen atoms in total. The molecule has 1 aromatic rings. The van der Waals surface area contributed by atoms with Crippen LogP contribution in [0.3, 0.4) is 0 Å². The van der Waals surface area contributed by atoms with E-state index in [9.17, 15) is 9.00 Å². The zero-order chi connectivity index (χ0) is 43.3. The van der Waals surface area contributed by atoms with Gasteiger partial charge in [-0.15, -0.1) is 0 Å². The van der Waals surface area contributed by atoms with Crippen molar-refractivity contribution in [2.45, 2.75) is 144 Å². The van der Waals surface area contributed by atoms with E-state index < -0.39 is 23.0 Å². The zero-order valence-corrected chi connectivity index (χ0v) is 42.2. The summed E-state index contributed by atoms with van der Waals surface area (Å²) in [5.41, 5.74) is 0. The quantitative estimate of drug-likeness (QED) is 0.0836. The van der Waals surface area contributed by atoms with Gasteiger partial charge in [0.15, 0.2) is 0 Å². The van der Waals surface area contributed by atoms with Crippen LogP contribution in [0.4, 0.5) is 5.82 Å². The number of hydrogen-bond donors (Lipinski definition) is 4. The molecule has 2 atom stereocenters. The van der Waals surface area contributed by atoms with Crippen LogP contribution in [0.2, 0.25) is 10.6 Å². The maximum absolute atomic E-state index is 9.56. The van der Waals surface area contributed by atoms with Gasteiger partial charge >= 0.3 is 0 Å². The van der Waals surface area contributed by atoms with Crippen LogP contribution in [0, 0.1) is 11.8 Å². The zero-order valence-electron chi connectivity index (χ0n) is 38.2. The minimum Gasteiger partial charge on any atom is -0.390 e. The first-order valence-corrected chi connectivity index (χ1v) is 24.6. The van der Waals surface area contributed by atoms with E-state index in [1.807, 2.05) is 37.2 Å². The van der Waals surface area contributed by atoms with E-state index in [1.54, 1.807) is 32.8 Å². The first-order chi connectivity index (χ1) is 24.3. The Bertz CT molecular complexity index is 829. The summed E-state index contributed by atoms with van der Waals surface area (Å²) >= 11 is 7.85. The van der Waals surface area contributed by atoms with Crippen molar-refractivity contribution >= 4 is 63.5 Å². The predicted octanol–water partition coefficient (Wildman–Crippen LogP) is 7.24. The van der Waals surface area contributed by atoms with Crippen molar-refractivity contribution in [1.29, 1.82) is 0 Å². The van der Waals surface area contributed by atoms with E-state index in [0.29, 0.717) is 39.4 Å². The third-order valence-electron chi connectivity index (χ3n) is 7.08. The molecule has 1 aromatic heterocycles. The summed E-state index contributed by atoms with van der Waals surface area (Å²) in [5, 5.41) is 20.6. The van der Waals surface area contributed by atoms with Gasteiger partial charge in [0.2, 0.25) is 21.6 Å². The molecule has 53 heavy (non-hydrogen) atoms. The summed E-state index contributed by atoms with van der Waals surface area (Å²) in [4.78, 5) is 21.9. The second-order valence-electron chi connectivity index (χ2n) is 15.1. The lowest BCUT2D eigenvalue weighted by Crippen LogP contribution is -2.36. The largest absolute Gasteiger partial charge is 0.390 e. The van der Waals surface area contributed by atoms with Crippen LogP contribution in [0.15, 0.2) is 24.4 Å². The number of aromatic nitrogens is 1. The van der Waals surface area contributed by atoms with Crippen LogP contribution < -0.4 is 4.90 Å². The van der Waals surface area contributed by atoms with E-state index in [2.05, 4.69) is 137 Å². The molecule has 0 aromatic carbocycles. The smallest absolute Gasteiger partial charge is 0.237 e. The molecule has 0 unspecified atom stereocenters. The fourth-order valence-electron chi connectivity index (χ4n) is 4.45. The number of carbonyl (C=O) groups excluding carboxylic acids is 1. The molecular formula is C40H90AlN5O4S3. The normalized spacial score (nSPS) is 11.5. The van der Waals surface area contributed by atoms with E-state index in [4.69, 9.17) is 10.2 Å². The van der Waals surface area contributed by atoms with Gasteiger partial charge in [-0.25, -0.2) is 4.98 Å². The summed E-state index contributed by atoms with van der Waals surface area (Å²) < 4.78 is 9.56. The van der Waals surface area contributed by atoms with Crippen molar-refractivity contribution in [3.63, 3.8) is 0 Å². The fraction of sp³-hybridized carbons (Fsp3) is 0.850. The minimum atomic E-state index is -0.740. The molecule has 0 aliphatic heterocycles. The van der Waals surface area contributed by atoms with Crippen LogP contribution >= 0.6 is 25.3 Å². The summed E-state index contributed by atoms with van der Waals surface area (Å²) in [6.45, 7) is 34.0. The number of aliphatic hydroxyl groups is 2. The Balaban J connectivity index is -0.000000123. The number of aliphatic hydroxyl groups excluding tert-OH is 2. The van der Waals surface area contributed by atoms with Crippen LogP contribution in [-0.4, -0.2) is 157 Å². The Kier molecular flexibility index (Phi) is 54.0. The lowest BCUT2D eigenvalue weighted by molar-refractivity contribution is -0.115. The van der Waals surface area contributed by atoms with Crippen LogP contribution in [0.25, 0.3) is 0 Å². The molecule has 1 rings (SSSR count). The molecule has 13 heteroatoms. The number of thiol groups is 2. The molecular weight excluding hydrogens is 738 g/mol. The van der Waals surface area contributed by atoms with Crippen molar-refractivity contribution in [3.8, 4) is 0 Å². The Labute approximate surface area is 350 Å². The molecule has 0 saturated heterocycles. The molecule has 1 heterocycles. The van der Waals surface area contributed by atoms with Crippen molar-refractivity contribution in [2.75, 3.05) is 70.2 Å². The standard InChI is InChI=1S/2C8H19N.C7H10N2.C4H10O2S2.2C4H9.C3H7NO.C2H6OS.Al.H/c2*1-6-9(7(2)3)8(4)5;1-9(2)7-5-3-4-6-8-7;5-3(1-7)4(6)2-8;2*1-4(2)3;1-4(2)3-5;1-4(2)3;;/h2*7-8H,6H2,1-5H3;3-6H,1-2H3;3-8H,1-2H2;2*4H,1H2,2-3H3;3H,1-2H3;1-2H3;;/t;;;3-,4-;;;;;;/m...1....../s1. The number of nitrogens with zero attached hydrogens (tertiary/aromatic N) is 5. The van der Waals surface area contributed by atoms with E-state index in [1.165, 1.54) is 15.5 Å². The van der Waals surface area contributed by atoms with Gasteiger partial charge < -0.3 is 20.0 Å². The first kappa shape index (κ1) is 64.5. The third-order valence-corrected chi connectivity index (χ3v) is 11.0. The molecule has 0 radical (unpaired) electrons. The minimum absolute atomic E-state index is 0.279. The highest BCUT2D eigenvalue weighted by atomic mass is 32.2. The van der Waals surface area contributed by atoms with E-state index in [0.717, 1.165) is 37.2 Å². The maximum Gasteiger partial charge on any atom is 0.237 e. The highest BCUT2D eigenvalue weighted by Gasteiger charge is 2.11. The summed E-state index contributed by atoms with van der Waals surface area (Å²) in [7, 11) is 6.71. The Morgan fingerprint density at radius 1 is 0.717 bits per heavy atom. The number of hydrogen-bond acceptors (Lipinski definition) is 10. The average molecular weight is 828 g/mol. The number of pyridine rings is 1. The van der Waals surface area contributed by atoms with Gasteiger partial charge in [-0.2, -0.15) is 25.3 Å². The number of anilines is 1. The third kappa shape index (κ3) is 56.1. The lowest BCUT2D eigenvalue weighted by atomic mass is 10.2. The fourth-order valence-corrected chi connectivity index (χ4v) is 6.80. The Hall–Kier alpha value is -0.358. The molecule has 0 aliphatic rings. The molecule has 0 bridgehead atoms. The van der Waals surface area contributed by atoms with Gasteiger partial charge in [0.05, 0.1) is 12.2 Å². The van der Waals surface area contributed by atoms with Gasteiger partial charge in [-0.3, -0.25) is 18.8 Å². The van der Waals surface area contributed by atoms with Gasteiger partial charge in [0.25, 0.3) is 0 Å². The Morgan fingerprint density at radius 2 is 1.02 bits per heavy atom. The van der Waals surface area contributed by atoms with Crippen molar-refractivity contribution in [3.05, 3.63) is 24.4 Å². The predicted molar refractivity (Wildman–Crippen MR) is 250 cm³/mol. The SMILES string of the molecule is CC(C)[CH2][AlH][CH2]C(C)C.CCN(C(C)C)C(C)C.CCN(C(C)C)C(C)C.CN(C)C=O.CN(C)c1ccccn1.CS(C)=O.O[C@H](CS)[C@H](O)CS. The van der Waals surface area contributed by atoms with Crippen molar-refractivity contribution < 1.29 is 19.2 Å². The van der Waals surface area contributed by atoms with Crippen LogP contribution in [-0.2, 0) is 15.6 Å². The second-order valence-corrected chi connectivity index (χ2v) is 19.2. The maximum atomic E-state index is 9.56. The lowest BCUT2D eigenvalue weighted by Gasteiger charge is -2.28. The highest BCUT2D eigenvalue weighted by Crippen LogP contribution is 2.06. The monoisotopic (exact) mass is 828 g/mol. The van der Waals surface area contributed by atoms with Crippen LogP contribution in [0.1, 0.15) is 96.9 Å². The van der Waals surface area contributed by atoms with E-state index >= 15 is 0 Å². The van der Waals surface area contributed by atoms with Gasteiger partial charge in [-0.1, -0.05) is 70.0 Å². The average Bonchev–Trinajstić information content (AvgIpc) is 3.05. The van der Waals surface area contributed by atoms with Crippen molar-refractivity contribution in [1.82, 2.24) is 19.7 Å². The molecule has 1 amide bonds. The van der Waals surface area contributed by atoms with Crippen LogP contribution in [0.5, 0.6) is 0 Å². The molecule has 0 spiro atoms. The number of carbonyl (C=O) groups is 1. The van der Waals surface area contributed by atoms with E-state index in [-0.39, 0.29) is 11.5 Å². The van der Waals surface area contributed by atoms with Crippen molar-refractivity contribution in [2.24, 2.45) is 11.8 Å².